The topological polar surface area (TPSA) is 54.0 Å². The van der Waals surface area contributed by atoms with E-state index in [-0.39, 0.29) is 5.91 Å². The van der Waals surface area contributed by atoms with Gasteiger partial charge in [0.15, 0.2) is 0 Å². The molecule has 0 aliphatic rings. The van der Waals surface area contributed by atoms with E-state index in [2.05, 4.69) is 31.5 Å². The molecule has 1 amide bonds. The Morgan fingerprint density at radius 2 is 1.84 bits per heavy atom. The Bertz CT molecular complexity index is 861. The highest BCUT2D eigenvalue weighted by Crippen LogP contribution is 2.20. The monoisotopic (exact) mass is 395 g/mol. The predicted octanol–water partition coefficient (Wildman–Crippen LogP) is 4.83. The van der Waals surface area contributed by atoms with Gasteiger partial charge in [-0.25, -0.2) is 4.98 Å². The summed E-state index contributed by atoms with van der Waals surface area (Å²) in [5.41, 5.74) is 4.44. The van der Waals surface area contributed by atoms with Crippen molar-refractivity contribution in [3.05, 3.63) is 88.2 Å². The standard InChI is InChI=1S/C20H18BrN3O/c1-14-5-7-15(8-6-14)12-23-20(25)19-10-9-18(13-22-19)24-17-4-2-3-16(21)11-17/h2-11,13,24H,12H2,1H3,(H,23,25). The zero-order valence-corrected chi connectivity index (χ0v) is 15.4. The number of pyridine rings is 1. The molecule has 1 aromatic heterocycles. The van der Waals surface area contributed by atoms with Gasteiger partial charge in [-0.2, -0.15) is 0 Å². The minimum Gasteiger partial charge on any atom is -0.354 e. The maximum absolute atomic E-state index is 12.2. The smallest absolute Gasteiger partial charge is 0.270 e. The number of anilines is 2. The zero-order chi connectivity index (χ0) is 17.6. The van der Waals surface area contributed by atoms with Crippen LogP contribution < -0.4 is 10.6 Å². The van der Waals surface area contributed by atoms with Crippen molar-refractivity contribution >= 4 is 33.2 Å². The molecule has 25 heavy (non-hydrogen) atoms. The molecule has 3 rings (SSSR count). The van der Waals surface area contributed by atoms with Crippen LogP contribution in [-0.2, 0) is 6.54 Å². The van der Waals surface area contributed by atoms with Crippen molar-refractivity contribution in [3.8, 4) is 0 Å². The summed E-state index contributed by atoms with van der Waals surface area (Å²) in [6, 6.07) is 19.5. The molecule has 0 atom stereocenters. The first kappa shape index (κ1) is 17.2. The van der Waals surface area contributed by atoms with Crippen LogP contribution in [0.15, 0.2) is 71.3 Å². The van der Waals surface area contributed by atoms with E-state index in [1.54, 1.807) is 12.3 Å². The van der Waals surface area contributed by atoms with Gasteiger partial charge in [0.25, 0.3) is 5.91 Å². The molecule has 0 radical (unpaired) electrons. The Kier molecular flexibility index (Phi) is 5.46. The summed E-state index contributed by atoms with van der Waals surface area (Å²) in [5, 5.41) is 6.13. The first-order chi connectivity index (χ1) is 12.1. The van der Waals surface area contributed by atoms with Crippen molar-refractivity contribution in [2.45, 2.75) is 13.5 Å². The summed E-state index contributed by atoms with van der Waals surface area (Å²) < 4.78 is 0.998. The number of carbonyl (C=O) groups is 1. The summed E-state index contributed by atoms with van der Waals surface area (Å²) in [7, 11) is 0. The van der Waals surface area contributed by atoms with Gasteiger partial charge in [-0.3, -0.25) is 4.79 Å². The molecule has 0 saturated heterocycles. The third-order valence-corrected chi connectivity index (χ3v) is 4.18. The lowest BCUT2D eigenvalue weighted by Crippen LogP contribution is -2.23. The number of aryl methyl sites for hydroxylation is 1. The molecule has 0 unspecified atom stereocenters. The Morgan fingerprint density at radius 3 is 2.52 bits per heavy atom. The number of nitrogens with one attached hydrogen (secondary N) is 2. The lowest BCUT2D eigenvalue weighted by Gasteiger charge is -2.08. The van der Waals surface area contributed by atoms with Crippen LogP contribution in [-0.4, -0.2) is 10.9 Å². The minimum absolute atomic E-state index is 0.186. The van der Waals surface area contributed by atoms with Crippen LogP contribution in [0.2, 0.25) is 0 Å². The molecular weight excluding hydrogens is 378 g/mol. The van der Waals surface area contributed by atoms with Gasteiger partial charge in [-0.05, 0) is 42.8 Å². The van der Waals surface area contributed by atoms with Gasteiger partial charge >= 0.3 is 0 Å². The number of aromatic nitrogens is 1. The fourth-order valence-electron chi connectivity index (χ4n) is 2.31. The van der Waals surface area contributed by atoms with Crippen LogP contribution in [0, 0.1) is 6.92 Å². The van der Waals surface area contributed by atoms with Crippen LogP contribution in [0.4, 0.5) is 11.4 Å². The second kappa shape index (κ2) is 7.94. The number of amides is 1. The van der Waals surface area contributed by atoms with Crippen molar-refractivity contribution in [1.82, 2.24) is 10.3 Å². The fourth-order valence-corrected chi connectivity index (χ4v) is 2.71. The van der Waals surface area contributed by atoms with E-state index in [4.69, 9.17) is 0 Å². The second-order valence-corrected chi connectivity index (χ2v) is 6.65. The average molecular weight is 396 g/mol. The van der Waals surface area contributed by atoms with Gasteiger partial charge in [-0.15, -0.1) is 0 Å². The Labute approximate surface area is 155 Å². The molecule has 0 bridgehead atoms. The van der Waals surface area contributed by atoms with Gasteiger partial charge in [0.05, 0.1) is 11.9 Å². The first-order valence-electron chi connectivity index (χ1n) is 7.92. The Balaban J connectivity index is 1.59. The van der Waals surface area contributed by atoms with Crippen LogP contribution >= 0.6 is 15.9 Å². The molecule has 0 spiro atoms. The maximum atomic E-state index is 12.2. The van der Waals surface area contributed by atoms with Gasteiger partial charge in [-0.1, -0.05) is 51.8 Å². The van der Waals surface area contributed by atoms with Crippen LogP contribution in [0.25, 0.3) is 0 Å². The first-order valence-corrected chi connectivity index (χ1v) is 8.72. The number of nitrogens with zero attached hydrogens (tertiary/aromatic N) is 1. The van der Waals surface area contributed by atoms with E-state index in [1.807, 2.05) is 61.5 Å². The number of rotatable bonds is 5. The highest BCUT2D eigenvalue weighted by molar-refractivity contribution is 9.10. The normalized spacial score (nSPS) is 10.3. The summed E-state index contributed by atoms with van der Waals surface area (Å²) >= 11 is 3.44. The molecule has 2 aromatic carbocycles. The lowest BCUT2D eigenvalue weighted by molar-refractivity contribution is 0.0946. The number of hydrogen-bond donors (Lipinski definition) is 2. The van der Waals surface area contributed by atoms with E-state index in [1.165, 1.54) is 5.56 Å². The molecule has 2 N–H and O–H groups in total. The van der Waals surface area contributed by atoms with Gasteiger partial charge < -0.3 is 10.6 Å². The molecule has 3 aromatic rings. The van der Waals surface area contributed by atoms with Gasteiger partial charge in [0, 0.05) is 16.7 Å². The van der Waals surface area contributed by atoms with Crippen molar-refractivity contribution < 1.29 is 4.79 Å². The average Bonchev–Trinajstić information content (AvgIpc) is 2.62. The Hall–Kier alpha value is -2.66. The number of benzene rings is 2. The van der Waals surface area contributed by atoms with Crippen molar-refractivity contribution in [1.29, 1.82) is 0 Å². The largest absolute Gasteiger partial charge is 0.354 e. The van der Waals surface area contributed by atoms with Crippen LogP contribution in [0.1, 0.15) is 21.6 Å². The molecule has 0 fully saturated rings. The van der Waals surface area contributed by atoms with E-state index in [9.17, 15) is 4.79 Å². The van der Waals surface area contributed by atoms with Crippen LogP contribution in [0.5, 0.6) is 0 Å². The third kappa shape index (κ3) is 4.90. The van der Waals surface area contributed by atoms with Crippen molar-refractivity contribution in [2.24, 2.45) is 0 Å². The summed E-state index contributed by atoms with van der Waals surface area (Å²) in [6.07, 6.45) is 1.65. The van der Waals surface area contributed by atoms with E-state index < -0.39 is 0 Å². The quantitative estimate of drug-likeness (QED) is 0.650. The van der Waals surface area contributed by atoms with E-state index in [0.717, 1.165) is 21.4 Å². The second-order valence-electron chi connectivity index (χ2n) is 5.74. The molecule has 4 nitrogen and oxygen atoms in total. The Morgan fingerprint density at radius 1 is 1.04 bits per heavy atom. The molecule has 5 heteroatoms. The summed E-state index contributed by atoms with van der Waals surface area (Å²) in [5.74, 6) is -0.186. The molecular formula is C20H18BrN3O. The number of carbonyl (C=O) groups excluding carboxylic acids is 1. The molecule has 0 aliphatic carbocycles. The van der Waals surface area contributed by atoms with E-state index >= 15 is 0 Å². The lowest BCUT2D eigenvalue weighted by atomic mass is 10.1. The highest BCUT2D eigenvalue weighted by Gasteiger charge is 2.07. The fraction of sp³-hybridized carbons (Fsp3) is 0.100. The predicted molar refractivity (Wildman–Crippen MR) is 104 cm³/mol. The number of halogens is 1. The van der Waals surface area contributed by atoms with Gasteiger partial charge in [0.2, 0.25) is 0 Å². The molecule has 1 heterocycles. The summed E-state index contributed by atoms with van der Waals surface area (Å²) in [4.78, 5) is 16.4. The molecule has 126 valence electrons. The molecule has 0 saturated carbocycles. The SMILES string of the molecule is Cc1ccc(CNC(=O)c2ccc(Nc3cccc(Br)c3)cn2)cc1. The molecule has 0 aliphatic heterocycles. The number of hydrogen-bond acceptors (Lipinski definition) is 3. The summed E-state index contributed by atoms with van der Waals surface area (Å²) in [6.45, 7) is 2.52. The van der Waals surface area contributed by atoms with Crippen LogP contribution in [0.3, 0.4) is 0 Å². The van der Waals surface area contributed by atoms with Crippen molar-refractivity contribution in [2.75, 3.05) is 5.32 Å². The van der Waals surface area contributed by atoms with Crippen molar-refractivity contribution in [3.63, 3.8) is 0 Å². The minimum atomic E-state index is -0.186. The third-order valence-electron chi connectivity index (χ3n) is 3.68. The van der Waals surface area contributed by atoms with E-state index in [0.29, 0.717) is 12.2 Å². The van der Waals surface area contributed by atoms with Gasteiger partial charge in [0.1, 0.15) is 5.69 Å². The highest BCUT2D eigenvalue weighted by atomic mass is 79.9. The zero-order valence-electron chi connectivity index (χ0n) is 13.8. The maximum Gasteiger partial charge on any atom is 0.270 e.